The van der Waals surface area contributed by atoms with Gasteiger partial charge in [-0.05, 0) is 43.7 Å². The van der Waals surface area contributed by atoms with Crippen LogP contribution in [0.4, 0.5) is 4.39 Å². The summed E-state index contributed by atoms with van der Waals surface area (Å²) in [5, 5.41) is 10.1. The molecular formula is C20H17FO4. The van der Waals surface area contributed by atoms with E-state index in [1.807, 2.05) is 0 Å². The van der Waals surface area contributed by atoms with E-state index in [1.54, 1.807) is 13.8 Å². The van der Waals surface area contributed by atoms with Gasteiger partial charge in [0.2, 0.25) is 0 Å². The quantitative estimate of drug-likeness (QED) is 0.673. The highest BCUT2D eigenvalue weighted by Gasteiger charge is 2.33. The van der Waals surface area contributed by atoms with E-state index in [1.165, 1.54) is 48.6 Å². The summed E-state index contributed by atoms with van der Waals surface area (Å²) in [6.07, 6.45) is 2.98. The molecule has 0 radical (unpaired) electrons. The van der Waals surface area contributed by atoms with Gasteiger partial charge in [0, 0.05) is 6.07 Å². The van der Waals surface area contributed by atoms with Gasteiger partial charge in [0.25, 0.3) is 0 Å². The monoisotopic (exact) mass is 340 g/mol. The first kappa shape index (κ1) is 16.9. The van der Waals surface area contributed by atoms with E-state index in [0.29, 0.717) is 5.56 Å². The predicted molar refractivity (Wildman–Crippen MR) is 91.5 cm³/mol. The lowest BCUT2D eigenvalue weighted by Gasteiger charge is -2.31. The number of hydrogen-bond donors (Lipinski definition) is 1. The van der Waals surface area contributed by atoms with Crippen LogP contribution in [0.25, 0.3) is 6.08 Å². The normalized spacial score (nSPS) is 15.7. The van der Waals surface area contributed by atoms with Crippen LogP contribution in [0, 0.1) is 5.82 Å². The molecule has 1 N–H and O–H groups in total. The number of benzene rings is 2. The van der Waals surface area contributed by atoms with Crippen molar-refractivity contribution in [3.63, 3.8) is 0 Å². The van der Waals surface area contributed by atoms with Crippen molar-refractivity contribution in [2.24, 2.45) is 0 Å². The Bertz CT molecular complexity index is 879. The third-order valence-electron chi connectivity index (χ3n) is 3.93. The largest absolute Gasteiger partial charge is 0.507 e. The van der Waals surface area contributed by atoms with Crippen LogP contribution in [-0.2, 0) is 0 Å². The average Bonchev–Trinajstić information content (AvgIpc) is 2.52. The highest BCUT2D eigenvalue weighted by Crippen LogP contribution is 2.37. The standard InChI is InChI=1S/C20H17FO4/c1-20(2)11-18(24)15-9-14(17(23)10-19(15)25-20)16(22)8-5-12-3-6-13(21)7-4-12/h3-10,23H,11H2,1-2H3/b8-5+. The van der Waals surface area contributed by atoms with Crippen molar-refractivity contribution in [1.29, 1.82) is 0 Å². The molecule has 0 unspecified atom stereocenters. The summed E-state index contributed by atoms with van der Waals surface area (Å²) in [6.45, 7) is 3.57. The number of halogens is 1. The number of ketones is 2. The van der Waals surface area contributed by atoms with Gasteiger partial charge in [-0.1, -0.05) is 18.2 Å². The Morgan fingerprint density at radius 3 is 2.60 bits per heavy atom. The number of phenolic OH excluding ortho intramolecular Hbond substituents is 1. The molecule has 0 spiro atoms. The molecule has 3 rings (SSSR count). The molecule has 128 valence electrons. The molecule has 0 saturated heterocycles. The molecule has 5 heteroatoms. The van der Waals surface area contributed by atoms with E-state index in [9.17, 15) is 19.1 Å². The van der Waals surface area contributed by atoms with Crippen molar-refractivity contribution >= 4 is 17.6 Å². The number of allylic oxidation sites excluding steroid dienone is 1. The lowest BCUT2D eigenvalue weighted by Crippen LogP contribution is -2.36. The molecule has 0 fully saturated rings. The summed E-state index contributed by atoms with van der Waals surface area (Å²) in [5.41, 5.74) is 0.308. The molecular weight excluding hydrogens is 323 g/mol. The molecule has 0 bridgehead atoms. The average molecular weight is 340 g/mol. The minimum atomic E-state index is -0.648. The van der Waals surface area contributed by atoms with Crippen molar-refractivity contribution < 1.29 is 23.8 Å². The summed E-state index contributed by atoms with van der Waals surface area (Å²) in [4.78, 5) is 24.6. The van der Waals surface area contributed by atoms with Gasteiger partial charge in [0.05, 0.1) is 17.5 Å². The molecule has 25 heavy (non-hydrogen) atoms. The van der Waals surface area contributed by atoms with Crippen molar-refractivity contribution in [3.05, 3.63) is 65.0 Å². The molecule has 1 aliphatic rings. The summed E-state index contributed by atoms with van der Waals surface area (Å²) < 4.78 is 18.6. The fourth-order valence-electron chi connectivity index (χ4n) is 2.72. The van der Waals surface area contributed by atoms with Crippen molar-refractivity contribution in [3.8, 4) is 11.5 Å². The van der Waals surface area contributed by atoms with Gasteiger partial charge in [0.1, 0.15) is 22.9 Å². The van der Waals surface area contributed by atoms with Crippen LogP contribution < -0.4 is 4.74 Å². The minimum absolute atomic E-state index is 0.0220. The SMILES string of the molecule is CC1(C)CC(=O)c2cc(C(=O)/C=C/c3ccc(F)cc3)c(O)cc2O1. The van der Waals surface area contributed by atoms with Crippen molar-refractivity contribution in [1.82, 2.24) is 0 Å². The fraction of sp³-hybridized carbons (Fsp3) is 0.200. The Labute approximate surface area is 144 Å². The third kappa shape index (κ3) is 3.60. The number of aromatic hydroxyl groups is 1. The zero-order chi connectivity index (χ0) is 18.2. The van der Waals surface area contributed by atoms with Gasteiger partial charge < -0.3 is 9.84 Å². The molecule has 1 aliphatic heterocycles. The lowest BCUT2D eigenvalue weighted by atomic mass is 9.91. The van der Waals surface area contributed by atoms with Crippen molar-refractivity contribution in [2.75, 3.05) is 0 Å². The first-order valence-corrected chi connectivity index (χ1v) is 7.82. The maximum atomic E-state index is 12.9. The molecule has 0 amide bonds. The second-order valence-electron chi connectivity index (χ2n) is 6.58. The Morgan fingerprint density at radius 2 is 1.92 bits per heavy atom. The second kappa shape index (κ2) is 6.16. The van der Waals surface area contributed by atoms with Crippen LogP contribution in [0.15, 0.2) is 42.5 Å². The van der Waals surface area contributed by atoms with Gasteiger partial charge in [-0.25, -0.2) is 4.39 Å². The molecule has 0 aliphatic carbocycles. The van der Waals surface area contributed by atoms with Gasteiger partial charge in [0.15, 0.2) is 11.6 Å². The van der Waals surface area contributed by atoms with Crippen LogP contribution in [0.2, 0.25) is 0 Å². The van der Waals surface area contributed by atoms with Gasteiger partial charge in [-0.2, -0.15) is 0 Å². The molecule has 4 nitrogen and oxygen atoms in total. The van der Waals surface area contributed by atoms with Crippen LogP contribution in [0.5, 0.6) is 11.5 Å². The zero-order valence-electron chi connectivity index (χ0n) is 13.9. The van der Waals surface area contributed by atoms with Gasteiger partial charge in [-0.15, -0.1) is 0 Å². The third-order valence-corrected chi connectivity index (χ3v) is 3.93. The van der Waals surface area contributed by atoms with Crippen LogP contribution in [-0.4, -0.2) is 22.3 Å². The van der Waals surface area contributed by atoms with E-state index in [0.717, 1.165) is 0 Å². The summed E-state index contributed by atoms with van der Waals surface area (Å²) in [6, 6.07) is 8.31. The fourth-order valence-corrected chi connectivity index (χ4v) is 2.72. The highest BCUT2D eigenvalue weighted by atomic mass is 19.1. The van der Waals surface area contributed by atoms with Gasteiger partial charge in [-0.3, -0.25) is 9.59 Å². The van der Waals surface area contributed by atoms with Crippen LogP contribution >= 0.6 is 0 Å². The maximum absolute atomic E-state index is 12.9. The van der Waals surface area contributed by atoms with E-state index in [-0.39, 0.29) is 40.6 Å². The molecule has 2 aromatic carbocycles. The Kier molecular flexibility index (Phi) is 4.17. The Morgan fingerprint density at radius 1 is 1.24 bits per heavy atom. The summed E-state index contributed by atoms with van der Waals surface area (Å²) >= 11 is 0. The number of Topliss-reactive ketones (excluding diaryl/α,β-unsaturated/α-hetero) is 1. The Balaban J connectivity index is 1.90. The lowest BCUT2D eigenvalue weighted by molar-refractivity contribution is 0.0619. The van der Waals surface area contributed by atoms with E-state index >= 15 is 0 Å². The first-order chi connectivity index (χ1) is 11.7. The summed E-state index contributed by atoms with van der Waals surface area (Å²) in [7, 11) is 0. The number of fused-ring (bicyclic) bond motifs is 1. The number of hydrogen-bond acceptors (Lipinski definition) is 4. The first-order valence-electron chi connectivity index (χ1n) is 7.82. The van der Waals surface area contributed by atoms with Crippen LogP contribution in [0.3, 0.4) is 0 Å². The molecule has 0 saturated carbocycles. The number of carbonyl (C=O) groups excluding carboxylic acids is 2. The number of phenols is 1. The topological polar surface area (TPSA) is 63.6 Å². The van der Waals surface area contributed by atoms with E-state index in [4.69, 9.17) is 4.74 Å². The highest BCUT2D eigenvalue weighted by molar-refractivity contribution is 6.11. The molecule has 0 atom stereocenters. The van der Waals surface area contributed by atoms with Crippen molar-refractivity contribution in [2.45, 2.75) is 25.9 Å². The molecule has 1 heterocycles. The minimum Gasteiger partial charge on any atom is -0.507 e. The number of carbonyl (C=O) groups is 2. The molecule has 2 aromatic rings. The smallest absolute Gasteiger partial charge is 0.189 e. The predicted octanol–water partition coefficient (Wildman–Crippen LogP) is 4.17. The van der Waals surface area contributed by atoms with E-state index < -0.39 is 11.4 Å². The van der Waals surface area contributed by atoms with Crippen LogP contribution in [0.1, 0.15) is 46.5 Å². The zero-order valence-corrected chi connectivity index (χ0v) is 13.9. The summed E-state index contributed by atoms with van der Waals surface area (Å²) in [5.74, 6) is -0.932. The maximum Gasteiger partial charge on any atom is 0.189 e. The molecule has 0 aromatic heterocycles. The Hall–Kier alpha value is -2.95. The second-order valence-corrected chi connectivity index (χ2v) is 6.58. The number of ether oxygens (including phenoxy) is 1. The number of rotatable bonds is 3. The van der Waals surface area contributed by atoms with E-state index in [2.05, 4.69) is 0 Å². The van der Waals surface area contributed by atoms with Gasteiger partial charge >= 0.3 is 0 Å².